The third kappa shape index (κ3) is 6.62. The molecule has 0 bridgehead atoms. The summed E-state index contributed by atoms with van der Waals surface area (Å²) in [6, 6.07) is 11.4. The van der Waals surface area contributed by atoms with Gasteiger partial charge in [-0.25, -0.2) is 0 Å². The quantitative estimate of drug-likeness (QED) is 0.506. The molecule has 36 heavy (non-hydrogen) atoms. The Bertz CT molecular complexity index is 1050. The molecule has 4 rings (SSSR count). The summed E-state index contributed by atoms with van der Waals surface area (Å²) < 4.78 is 16.7. The lowest BCUT2D eigenvalue weighted by atomic mass is 9.94. The predicted octanol–water partition coefficient (Wildman–Crippen LogP) is 4.02. The zero-order valence-corrected chi connectivity index (χ0v) is 22.1. The largest absolute Gasteiger partial charge is 0.494 e. The maximum absolute atomic E-state index is 13.4. The minimum absolute atomic E-state index is 0. The number of ether oxygens (including phenoxy) is 3. The van der Waals surface area contributed by atoms with E-state index >= 15 is 0 Å². The van der Waals surface area contributed by atoms with E-state index in [1.807, 2.05) is 41.3 Å². The molecule has 2 aromatic carbocycles. The van der Waals surface area contributed by atoms with Crippen molar-refractivity contribution in [3.8, 4) is 17.2 Å². The third-order valence-electron chi connectivity index (χ3n) is 6.71. The Balaban J connectivity index is 0.00000361. The molecule has 1 N–H and O–H groups in total. The molecular formula is C27H36ClN3O5. The van der Waals surface area contributed by atoms with Crippen LogP contribution >= 0.6 is 12.4 Å². The van der Waals surface area contributed by atoms with Crippen molar-refractivity contribution >= 4 is 29.9 Å². The van der Waals surface area contributed by atoms with Crippen molar-refractivity contribution in [2.75, 3.05) is 52.3 Å². The Hall–Kier alpha value is -2.97. The number of hydrogen-bond acceptors (Lipinski definition) is 6. The number of nitrogens with one attached hydrogen (secondary N) is 1. The first-order chi connectivity index (χ1) is 17.0. The lowest BCUT2D eigenvalue weighted by molar-refractivity contribution is -0.114. The van der Waals surface area contributed by atoms with Gasteiger partial charge in [0.15, 0.2) is 11.5 Å². The monoisotopic (exact) mass is 517 g/mol. The SMILES string of the molecule is COc1cc2c(cc1OC)C(=O)N(C1CCCN(CCCOc3ccc(NC(C)=O)cc3)C1)CC2.Cl. The van der Waals surface area contributed by atoms with Crippen LogP contribution in [0.4, 0.5) is 5.69 Å². The molecule has 1 atom stereocenters. The first kappa shape index (κ1) is 27.6. The third-order valence-corrected chi connectivity index (χ3v) is 6.71. The number of methoxy groups -OCH3 is 2. The highest BCUT2D eigenvalue weighted by atomic mass is 35.5. The topological polar surface area (TPSA) is 80.3 Å². The molecule has 9 heteroatoms. The number of hydrogen-bond donors (Lipinski definition) is 1. The van der Waals surface area contributed by atoms with Crippen molar-refractivity contribution in [2.45, 2.75) is 38.6 Å². The van der Waals surface area contributed by atoms with Crippen LogP contribution in [0.2, 0.25) is 0 Å². The molecule has 196 valence electrons. The molecule has 1 fully saturated rings. The lowest BCUT2D eigenvalue weighted by Gasteiger charge is -2.41. The number of likely N-dealkylation sites (tertiary alicyclic amines) is 1. The molecule has 1 saturated heterocycles. The van der Waals surface area contributed by atoms with Gasteiger partial charge in [-0.15, -0.1) is 12.4 Å². The number of halogens is 1. The minimum Gasteiger partial charge on any atom is -0.494 e. The molecular weight excluding hydrogens is 482 g/mol. The normalized spacial score (nSPS) is 17.6. The summed E-state index contributed by atoms with van der Waals surface area (Å²) in [6.45, 7) is 5.72. The summed E-state index contributed by atoms with van der Waals surface area (Å²) >= 11 is 0. The number of amides is 2. The van der Waals surface area contributed by atoms with E-state index in [2.05, 4.69) is 10.2 Å². The number of rotatable bonds is 9. The van der Waals surface area contributed by atoms with Crippen LogP contribution in [0.25, 0.3) is 0 Å². The average molecular weight is 518 g/mol. The van der Waals surface area contributed by atoms with E-state index in [9.17, 15) is 9.59 Å². The number of benzene rings is 2. The number of anilines is 1. The highest BCUT2D eigenvalue weighted by Crippen LogP contribution is 2.34. The Morgan fingerprint density at radius 2 is 1.81 bits per heavy atom. The Morgan fingerprint density at radius 1 is 1.08 bits per heavy atom. The van der Waals surface area contributed by atoms with E-state index in [-0.39, 0.29) is 30.3 Å². The van der Waals surface area contributed by atoms with E-state index in [0.29, 0.717) is 18.1 Å². The number of nitrogens with zero attached hydrogens (tertiary/aromatic N) is 2. The fourth-order valence-electron chi connectivity index (χ4n) is 4.98. The van der Waals surface area contributed by atoms with Gasteiger partial charge in [-0.2, -0.15) is 0 Å². The molecule has 2 amide bonds. The second-order valence-corrected chi connectivity index (χ2v) is 9.12. The predicted molar refractivity (Wildman–Crippen MR) is 142 cm³/mol. The van der Waals surface area contributed by atoms with Gasteiger partial charge >= 0.3 is 0 Å². The van der Waals surface area contributed by atoms with Gasteiger partial charge in [-0.3, -0.25) is 9.59 Å². The van der Waals surface area contributed by atoms with Gasteiger partial charge in [-0.05, 0) is 74.2 Å². The van der Waals surface area contributed by atoms with Crippen LogP contribution in [0, 0.1) is 0 Å². The van der Waals surface area contributed by atoms with Gasteiger partial charge in [0.05, 0.1) is 20.8 Å². The summed E-state index contributed by atoms with van der Waals surface area (Å²) in [5, 5.41) is 2.75. The highest BCUT2D eigenvalue weighted by Gasteiger charge is 2.33. The molecule has 2 aliphatic rings. The molecule has 2 aliphatic heterocycles. The molecule has 0 spiro atoms. The van der Waals surface area contributed by atoms with Crippen molar-refractivity contribution in [3.63, 3.8) is 0 Å². The summed E-state index contributed by atoms with van der Waals surface area (Å²) in [7, 11) is 3.21. The number of carbonyl (C=O) groups is 2. The van der Waals surface area contributed by atoms with Crippen LogP contribution in [-0.4, -0.2) is 74.7 Å². The summed E-state index contributed by atoms with van der Waals surface area (Å²) in [6.07, 6.45) is 3.85. The lowest BCUT2D eigenvalue weighted by Crippen LogP contribution is -2.52. The maximum Gasteiger partial charge on any atom is 0.254 e. The van der Waals surface area contributed by atoms with E-state index in [1.165, 1.54) is 6.92 Å². The minimum atomic E-state index is -0.0890. The number of piperidine rings is 1. The van der Waals surface area contributed by atoms with E-state index in [0.717, 1.165) is 74.4 Å². The van der Waals surface area contributed by atoms with Crippen LogP contribution in [0.15, 0.2) is 36.4 Å². The van der Waals surface area contributed by atoms with Gasteiger partial charge in [-0.1, -0.05) is 0 Å². The van der Waals surface area contributed by atoms with Crippen molar-refractivity contribution in [3.05, 3.63) is 47.5 Å². The number of carbonyl (C=O) groups excluding carboxylic acids is 2. The molecule has 0 saturated carbocycles. The smallest absolute Gasteiger partial charge is 0.254 e. The summed E-state index contributed by atoms with van der Waals surface area (Å²) in [4.78, 5) is 29.0. The molecule has 1 unspecified atom stereocenters. The molecule has 0 aromatic heterocycles. The van der Waals surface area contributed by atoms with Crippen LogP contribution in [-0.2, 0) is 11.2 Å². The highest BCUT2D eigenvalue weighted by molar-refractivity contribution is 5.97. The fraction of sp³-hybridized carbons (Fsp3) is 0.481. The van der Waals surface area contributed by atoms with Gasteiger partial charge in [0.2, 0.25) is 5.91 Å². The van der Waals surface area contributed by atoms with Crippen molar-refractivity contribution < 1.29 is 23.8 Å². The second kappa shape index (κ2) is 12.8. The van der Waals surface area contributed by atoms with E-state index in [1.54, 1.807) is 14.2 Å². The second-order valence-electron chi connectivity index (χ2n) is 9.12. The zero-order chi connectivity index (χ0) is 24.8. The van der Waals surface area contributed by atoms with Crippen LogP contribution in [0.5, 0.6) is 17.2 Å². The number of fused-ring (bicyclic) bond motifs is 1. The van der Waals surface area contributed by atoms with E-state index < -0.39 is 0 Å². The van der Waals surface area contributed by atoms with Crippen molar-refractivity contribution in [2.24, 2.45) is 0 Å². The van der Waals surface area contributed by atoms with Crippen LogP contribution in [0.3, 0.4) is 0 Å². The van der Waals surface area contributed by atoms with Crippen LogP contribution in [0.1, 0.15) is 42.1 Å². The molecule has 0 aliphatic carbocycles. The Labute approximate surface area is 219 Å². The Kier molecular flexibility index (Phi) is 9.84. The van der Waals surface area contributed by atoms with Gasteiger partial charge in [0, 0.05) is 43.9 Å². The average Bonchev–Trinajstić information content (AvgIpc) is 2.87. The molecule has 2 heterocycles. The molecule has 8 nitrogen and oxygen atoms in total. The first-order valence-corrected chi connectivity index (χ1v) is 12.3. The summed E-state index contributed by atoms with van der Waals surface area (Å²) in [5.41, 5.74) is 2.51. The van der Waals surface area contributed by atoms with Gasteiger partial charge in [0.1, 0.15) is 5.75 Å². The summed E-state index contributed by atoms with van der Waals surface area (Å²) in [5.74, 6) is 2.05. The van der Waals surface area contributed by atoms with E-state index in [4.69, 9.17) is 14.2 Å². The fourth-order valence-corrected chi connectivity index (χ4v) is 4.98. The molecule has 0 radical (unpaired) electrons. The molecule has 2 aromatic rings. The van der Waals surface area contributed by atoms with Crippen molar-refractivity contribution in [1.82, 2.24) is 9.80 Å². The maximum atomic E-state index is 13.4. The van der Waals surface area contributed by atoms with Crippen LogP contribution < -0.4 is 19.5 Å². The van der Waals surface area contributed by atoms with Gasteiger partial charge < -0.3 is 29.3 Å². The van der Waals surface area contributed by atoms with Crippen molar-refractivity contribution in [1.29, 1.82) is 0 Å². The standard InChI is InChI=1S/C27H35N3O5.ClH/c1-19(31)28-21-7-9-23(10-8-21)35-15-5-13-29-12-4-6-22(18-29)30-14-11-20-16-25(33-2)26(34-3)17-24(20)27(30)32;/h7-10,16-17,22H,4-6,11-15,18H2,1-3H3,(H,28,31);1H. The first-order valence-electron chi connectivity index (χ1n) is 12.3. The zero-order valence-electron chi connectivity index (χ0n) is 21.2. The Morgan fingerprint density at radius 3 is 2.50 bits per heavy atom. The van der Waals surface area contributed by atoms with Gasteiger partial charge in [0.25, 0.3) is 5.91 Å².